The number of hydrogen-bond donors (Lipinski definition) is 0. The van der Waals surface area contributed by atoms with Crippen molar-refractivity contribution < 1.29 is 14.3 Å². The van der Waals surface area contributed by atoms with Crippen LogP contribution in [0.15, 0.2) is 72.8 Å². The van der Waals surface area contributed by atoms with Crippen LogP contribution in [0.5, 0.6) is 5.75 Å². The van der Waals surface area contributed by atoms with Gasteiger partial charge in [-0.05, 0) is 67.6 Å². The maximum Gasteiger partial charge on any atom is 0.415 e. The van der Waals surface area contributed by atoms with E-state index in [0.29, 0.717) is 43.3 Å². The second-order valence-electron chi connectivity index (χ2n) is 10.6. The van der Waals surface area contributed by atoms with Crippen LogP contribution in [0, 0.1) is 5.92 Å². The van der Waals surface area contributed by atoms with E-state index in [1.165, 1.54) is 0 Å². The molecule has 210 valence electrons. The summed E-state index contributed by atoms with van der Waals surface area (Å²) in [5.74, 6) is 2.05. The van der Waals surface area contributed by atoms with Crippen molar-refractivity contribution in [2.45, 2.75) is 53.6 Å². The van der Waals surface area contributed by atoms with Gasteiger partial charge in [-0.15, -0.1) is 0 Å². The summed E-state index contributed by atoms with van der Waals surface area (Å²) in [6.07, 6.45) is 1.26. The van der Waals surface area contributed by atoms with Crippen LogP contribution in [0.4, 0.5) is 4.79 Å². The number of ether oxygens (including phenoxy) is 1. The molecule has 7 heteroatoms. The number of imidazole rings is 1. The average Bonchev–Trinajstić information content (AvgIpc) is 3.29. The van der Waals surface area contributed by atoms with Crippen molar-refractivity contribution >= 4 is 23.0 Å². The van der Waals surface area contributed by atoms with E-state index in [1.807, 2.05) is 91.5 Å². The zero-order valence-electron chi connectivity index (χ0n) is 24.3. The predicted octanol–water partition coefficient (Wildman–Crippen LogP) is 6.79. The summed E-state index contributed by atoms with van der Waals surface area (Å²) in [6.45, 7) is 11.1. The second kappa shape index (κ2) is 13.3. The van der Waals surface area contributed by atoms with Crippen LogP contribution in [0.25, 0.3) is 11.0 Å². The van der Waals surface area contributed by atoms with Crippen LogP contribution < -0.4 is 4.74 Å². The Labute approximate surface area is 237 Å². The van der Waals surface area contributed by atoms with E-state index in [-0.39, 0.29) is 5.91 Å². The van der Waals surface area contributed by atoms with Crippen LogP contribution in [-0.4, -0.2) is 51.5 Å². The van der Waals surface area contributed by atoms with Crippen LogP contribution in [0.1, 0.15) is 61.4 Å². The lowest BCUT2D eigenvalue weighted by atomic mass is 10.1. The minimum absolute atomic E-state index is 0.0322. The van der Waals surface area contributed by atoms with Crippen molar-refractivity contribution in [1.82, 2.24) is 19.4 Å². The number of nitrogens with zero attached hydrogens (tertiary/aromatic N) is 4. The van der Waals surface area contributed by atoms with Crippen molar-refractivity contribution in [2.24, 2.45) is 5.92 Å². The smallest absolute Gasteiger partial charge is 0.410 e. The van der Waals surface area contributed by atoms with Crippen LogP contribution in [-0.2, 0) is 19.5 Å². The number of amides is 2. The number of rotatable bonds is 11. The highest BCUT2D eigenvalue weighted by Crippen LogP contribution is 2.23. The summed E-state index contributed by atoms with van der Waals surface area (Å²) in [6, 6.07) is 23.3. The normalized spacial score (nSPS) is 11.2. The van der Waals surface area contributed by atoms with Gasteiger partial charge in [-0.2, -0.15) is 0 Å². The minimum atomic E-state index is -0.401. The fraction of sp³-hybridized carbons (Fsp3) is 0.364. The zero-order valence-corrected chi connectivity index (χ0v) is 24.3. The van der Waals surface area contributed by atoms with Crippen molar-refractivity contribution in [3.8, 4) is 5.75 Å². The number of hydrogen-bond acceptors (Lipinski definition) is 4. The third-order valence-electron chi connectivity index (χ3n) is 7.12. The van der Waals surface area contributed by atoms with Gasteiger partial charge in [-0.1, -0.05) is 56.3 Å². The molecule has 0 radical (unpaired) electrons. The first-order valence-corrected chi connectivity index (χ1v) is 14.1. The predicted molar refractivity (Wildman–Crippen MR) is 160 cm³/mol. The first-order chi connectivity index (χ1) is 19.3. The molecule has 0 bridgehead atoms. The molecule has 0 unspecified atom stereocenters. The summed E-state index contributed by atoms with van der Waals surface area (Å²) in [4.78, 5) is 33.9. The molecule has 0 saturated heterocycles. The third kappa shape index (κ3) is 7.08. The third-order valence-corrected chi connectivity index (χ3v) is 7.12. The molecule has 40 heavy (non-hydrogen) atoms. The van der Waals surface area contributed by atoms with Gasteiger partial charge in [0.25, 0.3) is 5.91 Å². The Bertz CT molecular complexity index is 1420. The minimum Gasteiger partial charge on any atom is -0.410 e. The molecular weight excluding hydrogens is 500 g/mol. The van der Waals surface area contributed by atoms with Gasteiger partial charge in [0.05, 0.1) is 11.0 Å². The lowest BCUT2D eigenvalue weighted by Crippen LogP contribution is -2.30. The van der Waals surface area contributed by atoms with Crippen LogP contribution >= 0.6 is 0 Å². The Morgan fingerprint density at radius 2 is 1.62 bits per heavy atom. The number of carbonyl (C=O) groups is 2. The lowest BCUT2D eigenvalue weighted by Gasteiger charge is -2.18. The van der Waals surface area contributed by atoms with Gasteiger partial charge in [0, 0.05) is 45.2 Å². The van der Waals surface area contributed by atoms with Crippen LogP contribution in [0.3, 0.4) is 0 Å². The highest BCUT2D eigenvalue weighted by atomic mass is 16.6. The van der Waals surface area contributed by atoms with E-state index < -0.39 is 6.09 Å². The molecule has 0 spiro atoms. The van der Waals surface area contributed by atoms with Crippen molar-refractivity contribution in [3.63, 3.8) is 0 Å². The molecule has 1 heterocycles. The largest absolute Gasteiger partial charge is 0.415 e. The van der Waals surface area contributed by atoms with E-state index in [2.05, 4.69) is 18.4 Å². The Hall–Kier alpha value is -4.13. The van der Waals surface area contributed by atoms with E-state index >= 15 is 0 Å². The van der Waals surface area contributed by atoms with E-state index in [9.17, 15) is 9.59 Å². The van der Waals surface area contributed by atoms with E-state index in [4.69, 9.17) is 9.72 Å². The van der Waals surface area contributed by atoms with Crippen LogP contribution in [0.2, 0.25) is 0 Å². The molecule has 0 N–H and O–H groups in total. The monoisotopic (exact) mass is 540 g/mol. The average molecular weight is 541 g/mol. The summed E-state index contributed by atoms with van der Waals surface area (Å²) in [7, 11) is 1.73. The molecule has 0 aliphatic heterocycles. The quantitative estimate of drug-likeness (QED) is 0.210. The maximum atomic E-state index is 12.9. The van der Waals surface area contributed by atoms with Gasteiger partial charge >= 0.3 is 6.09 Å². The summed E-state index contributed by atoms with van der Waals surface area (Å²) < 4.78 is 7.87. The maximum absolute atomic E-state index is 12.9. The van der Waals surface area contributed by atoms with Gasteiger partial charge in [0.15, 0.2) is 0 Å². The number of aromatic nitrogens is 2. The van der Waals surface area contributed by atoms with Gasteiger partial charge < -0.3 is 19.1 Å². The summed E-state index contributed by atoms with van der Waals surface area (Å²) in [5, 5.41) is 0. The standard InChI is InChI=1S/C33H40N4O3/c1-6-36(7-2)32(38)27-15-18-30-29(22-27)34-31(37(30)20-19-24(3)4)21-25-13-16-28(17-14-25)40-33(39)35(5)23-26-11-9-8-10-12-26/h8-18,22,24H,6-7,19-21,23H2,1-5H3. The fourth-order valence-electron chi connectivity index (χ4n) is 4.74. The highest BCUT2D eigenvalue weighted by molar-refractivity contribution is 5.97. The second-order valence-corrected chi connectivity index (χ2v) is 10.6. The zero-order chi connectivity index (χ0) is 28.6. The molecule has 1 aromatic heterocycles. The molecule has 3 aromatic carbocycles. The molecule has 0 aliphatic carbocycles. The van der Waals surface area contributed by atoms with Gasteiger partial charge in [-0.25, -0.2) is 9.78 Å². The number of benzene rings is 3. The molecule has 0 saturated carbocycles. The van der Waals surface area contributed by atoms with Crippen molar-refractivity contribution in [2.75, 3.05) is 20.1 Å². The first-order valence-electron chi connectivity index (χ1n) is 14.1. The SMILES string of the molecule is CCN(CC)C(=O)c1ccc2c(c1)nc(Cc1ccc(OC(=O)N(C)Cc3ccccc3)cc1)n2CCC(C)C. The van der Waals surface area contributed by atoms with Crippen molar-refractivity contribution in [1.29, 1.82) is 0 Å². The summed E-state index contributed by atoms with van der Waals surface area (Å²) >= 11 is 0. The molecule has 4 aromatic rings. The number of carbonyl (C=O) groups excluding carboxylic acids is 2. The lowest BCUT2D eigenvalue weighted by molar-refractivity contribution is 0.0773. The highest BCUT2D eigenvalue weighted by Gasteiger charge is 2.17. The summed E-state index contributed by atoms with van der Waals surface area (Å²) in [5.41, 5.74) is 4.65. The Kier molecular flexibility index (Phi) is 9.59. The molecule has 4 rings (SSSR count). The molecule has 2 amide bonds. The number of fused-ring (bicyclic) bond motifs is 1. The van der Waals surface area contributed by atoms with Gasteiger partial charge in [0.2, 0.25) is 0 Å². The molecule has 0 fully saturated rings. The Morgan fingerprint density at radius 3 is 2.27 bits per heavy atom. The molecule has 0 atom stereocenters. The number of aryl methyl sites for hydroxylation is 1. The van der Waals surface area contributed by atoms with E-state index in [1.54, 1.807) is 11.9 Å². The van der Waals surface area contributed by atoms with Gasteiger partial charge in [0.1, 0.15) is 11.6 Å². The van der Waals surface area contributed by atoms with E-state index in [0.717, 1.165) is 41.0 Å². The molecule has 7 nitrogen and oxygen atoms in total. The molecule has 0 aliphatic rings. The Morgan fingerprint density at radius 1 is 0.925 bits per heavy atom. The van der Waals surface area contributed by atoms with Crippen molar-refractivity contribution in [3.05, 3.63) is 95.3 Å². The fourth-order valence-corrected chi connectivity index (χ4v) is 4.74. The molecular formula is C33H40N4O3. The topological polar surface area (TPSA) is 67.7 Å². The Balaban J connectivity index is 1.50. The first kappa shape index (κ1) is 28.9. The van der Waals surface area contributed by atoms with Gasteiger partial charge in [-0.3, -0.25) is 4.79 Å².